The summed E-state index contributed by atoms with van der Waals surface area (Å²) >= 11 is 0. The van der Waals surface area contributed by atoms with Gasteiger partial charge < -0.3 is 20.1 Å². The van der Waals surface area contributed by atoms with Crippen molar-refractivity contribution < 1.29 is 15.0 Å². The zero-order valence-electron chi connectivity index (χ0n) is 16.5. The largest absolute Gasteiger partial charge is 0.393 e. The number of aliphatic hydroxyl groups excluding tert-OH is 1. The van der Waals surface area contributed by atoms with Gasteiger partial charge in [-0.25, -0.2) is 4.98 Å². The van der Waals surface area contributed by atoms with Crippen LogP contribution in [0, 0.1) is 0 Å². The van der Waals surface area contributed by atoms with Crippen LogP contribution in [0.5, 0.6) is 0 Å². The Morgan fingerprint density at radius 1 is 1.13 bits per heavy atom. The van der Waals surface area contributed by atoms with E-state index in [9.17, 15) is 15.0 Å². The molecule has 4 aromatic rings. The minimum atomic E-state index is -1.21. The Balaban J connectivity index is 1.53. The molecule has 5 rings (SSSR count). The molecule has 3 N–H and O–H groups in total. The minimum Gasteiger partial charge on any atom is -0.393 e. The number of H-pyrrole nitrogens is 1. The molecule has 3 heterocycles. The molecule has 1 aliphatic heterocycles. The first kappa shape index (κ1) is 18.8. The first-order chi connectivity index (χ1) is 14.6. The standard InChI is InChI=1S/C24H23N3O3/c28-15-24(30)9-2-12-27(14-24)23(29)17-5-6-18-16(13-17)3-1-4-19(18)20-7-10-25-22-21(20)8-11-26-22/h1,3-8,10-11,13,28,30H,2,9,12,14-15H2,(H,25,26). The van der Waals surface area contributed by atoms with Crippen molar-refractivity contribution in [2.45, 2.75) is 18.4 Å². The lowest BCUT2D eigenvalue weighted by molar-refractivity contribution is -0.0598. The van der Waals surface area contributed by atoms with E-state index in [1.54, 1.807) is 11.1 Å². The van der Waals surface area contributed by atoms with Gasteiger partial charge in [0.15, 0.2) is 0 Å². The average Bonchev–Trinajstić information content (AvgIpc) is 3.27. The highest BCUT2D eigenvalue weighted by Gasteiger charge is 2.34. The smallest absolute Gasteiger partial charge is 0.253 e. The number of hydrogen-bond acceptors (Lipinski definition) is 4. The monoisotopic (exact) mass is 401 g/mol. The van der Waals surface area contributed by atoms with Gasteiger partial charge in [0.1, 0.15) is 11.2 Å². The fourth-order valence-corrected chi connectivity index (χ4v) is 4.44. The van der Waals surface area contributed by atoms with Crippen molar-refractivity contribution in [2.24, 2.45) is 0 Å². The number of pyridine rings is 1. The van der Waals surface area contributed by atoms with Crippen LogP contribution in [0.25, 0.3) is 32.9 Å². The maximum atomic E-state index is 13.1. The van der Waals surface area contributed by atoms with Crippen LogP contribution in [0.3, 0.4) is 0 Å². The quantitative estimate of drug-likeness (QED) is 0.491. The van der Waals surface area contributed by atoms with Crippen molar-refractivity contribution in [3.05, 3.63) is 66.5 Å². The molecule has 6 heteroatoms. The van der Waals surface area contributed by atoms with Crippen LogP contribution in [0.2, 0.25) is 0 Å². The van der Waals surface area contributed by atoms with E-state index in [0.717, 1.165) is 32.9 Å². The van der Waals surface area contributed by atoms with Gasteiger partial charge in [-0.2, -0.15) is 0 Å². The second-order valence-corrected chi connectivity index (χ2v) is 8.05. The number of amides is 1. The van der Waals surface area contributed by atoms with Crippen LogP contribution >= 0.6 is 0 Å². The summed E-state index contributed by atoms with van der Waals surface area (Å²) in [5, 5.41) is 23.0. The van der Waals surface area contributed by atoms with Crippen molar-refractivity contribution in [1.82, 2.24) is 14.9 Å². The fourth-order valence-electron chi connectivity index (χ4n) is 4.44. The topological polar surface area (TPSA) is 89.5 Å². The summed E-state index contributed by atoms with van der Waals surface area (Å²) in [6, 6.07) is 15.8. The summed E-state index contributed by atoms with van der Waals surface area (Å²) < 4.78 is 0. The fraction of sp³-hybridized carbons (Fsp3) is 0.250. The maximum Gasteiger partial charge on any atom is 0.253 e. The Bertz CT molecular complexity index is 1250. The molecule has 6 nitrogen and oxygen atoms in total. The zero-order valence-corrected chi connectivity index (χ0v) is 16.5. The lowest BCUT2D eigenvalue weighted by atomic mass is 9.92. The molecule has 0 spiro atoms. The third kappa shape index (κ3) is 3.14. The number of aromatic nitrogens is 2. The van der Waals surface area contributed by atoms with Crippen LogP contribution in [0.15, 0.2) is 60.9 Å². The third-order valence-electron chi connectivity index (χ3n) is 6.01. The number of fused-ring (bicyclic) bond motifs is 2. The number of likely N-dealkylation sites (tertiary alicyclic amines) is 1. The Hall–Kier alpha value is -3.22. The number of rotatable bonds is 3. The van der Waals surface area contributed by atoms with Crippen molar-refractivity contribution in [3.8, 4) is 11.1 Å². The molecular weight excluding hydrogens is 378 g/mol. The number of hydrogen-bond donors (Lipinski definition) is 3. The van der Waals surface area contributed by atoms with Crippen molar-refractivity contribution >= 4 is 27.7 Å². The molecule has 152 valence electrons. The Labute approximate surface area is 173 Å². The SMILES string of the molecule is O=C(c1ccc2c(-c3ccnc4[nH]ccc34)cccc2c1)N1CCCC(O)(CO)C1. The van der Waals surface area contributed by atoms with Gasteiger partial charge in [0, 0.05) is 29.9 Å². The van der Waals surface area contributed by atoms with Crippen LogP contribution in [0.1, 0.15) is 23.2 Å². The number of nitrogens with one attached hydrogen (secondary N) is 1. The molecule has 1 unspecified atom stereocenters. The van der Waals surface area contributed by atoms with E-state index in [4.69, 9.17) is 0 Å². The predicted octanol–water partition coefficient (Wildman–Crippen LogP) is 3.34. The molecule has 2 aromatic carbocycles. The molecule has 0 radical (unpaired) electrons. The highest BCUT2D eigenvalue weighted by atomic mass is 16.3. The molecule has 1 fully saturated rings. The molecule has 0 bridgehead atoms. The highest BCUT2D eigenvalue weighted by Crippen LogP contribution is 2.33. The highest BCUT2D eigenvalue weighted by molar-refractivity contribution is 6.06. The molecule has 1 atom stereocenters. The second kappa shape index (κ2) is 7.23. The van der Waals surface area contributed by atoms with Crippen LogP contribution < -0.4 is 0 Å². The van der Waals surface area contributed by atoms with Crippen molar-refractivity contribution in [3.63, 3.8) is 0 Å². The number of β-amino-alcohol motifs (C(OH)–C–C–N with tert-alkyl or cyclic N) is 1. The van der Waals surface area contributed by atoms with E-state index in [0.29, 0.717) is 24.9 Å². The minimum absolute atomic E-state index is 0.120. The maximum absolute atomic E-state index is 13.1. The van der Waals surface area contributed by atoms with Gasteiger partial charge >= 0.3 is 0 Å². The second-order valence-electron chi connectivity index (χ2n) is 8.05. The molecule has 2 aromatic heterocycles. The van der Waals surface area contributed by atoms with E-state index >= 15 is 0 Å². The Kier molecular flexibility index (Phi) is 4.53. The Morgan fingerprint density at radius 2 is 2.00 bits per heavy atom. The summed E-state index contributed by atoms with van der Waals surface area (Å²) in [6.07, 6.45) is 4.86. The molecule has 1 amide bonds. The number of carbonyl (C=O) groups is 1. The van der Waals surface area contributed by atoms with Crippen LogP contribution in [0.4, 0.5) is 0 Å². The van der Waals surface area contributed by atoms with Gasteiger partial charge in [-0.3, -0.25) is 4.79 Å². The normalized spacial score (nSPS) is 19.5. The van der Waals surface area contributed by atoms with Crippen LogP contribution in [-0.2, 0) is 0 Å². The van der Waals surface area contributed by atoms with E-state index < -0.39 is 5.60 Å². The van der Waals surface area contributed by atoms with Gasteiger partial charge in [0.2, 0.25) is 0 Å². The van der Waals surface area contributed by atoms with E-state index in [-0.39, 0.29) is 19.1 Å². The summed E-state index contributed by atoms with van der Waals surface area (Å²) in [7, 11) is 0. The van der Waals surface area contributed by atoms with E-state index in [1.165, 1.54) is 0 Å². The number of benzene rings is 2. The molecule has 1 aliphatic rings. The predicted molar refractivity (Wildman–Crippen MR) is 116 cm³/mol. The molecule has 30 heavy (non-hydrogen) atoms. The van der Waals surface area contributed by atoms with Crippen molar-refractivity contribution in [1.29, 1.82) is 0 Å². The van der Waals surface area contributed by atoms with Crippen molar-refractivity contribution in [2.75, 3.05) is 19.7 Å². The summed E-state index contributed by atoms with van der Waals surface area (Å²) in [6.45, 7) is 0.405. The number of nitrogens with zero attached hydrogens (tertiary/aromatic N) is 2. The molecule has 0 aliphatic carbocycles. The number of piperidine rings is 1. The lowest BCUT2D eigenvalue weighted by Gasteiger charge is -2.38. The summed E-state index contributed by atoms with van der Waals surface area (Å²) in [5.41, 5.74) is 2.41. The number of carbonyl (C=O) groups excluding carboxylic acids is 1. The first-order valence-corrected chi connectivity index (χ1v) is 10.2. The number of aliphatic hydroxyl groups is 2. The van der Waals surface area contributed by atoms with Gasteiger partial charge in [0.25, 0.3) is 5.91 Å². The zero-order chi connectivity index (χ0) is 20.7. The van der Waals surface area contributed by atoms with E-state index in [2.05, 4.69) is 16.0 Å². The number of aromatic amines is 1. The molecule has 0 saturated carbocycles. The van der Waals surface area contributed by atoms with Gasteiger partial charge in [-0.05, 0) is 59.0 Å². The van der Waals surface area contributed by atoms with Gasteiger partial charge in [0.05, 0.1) is 13.2 Å². The molecule has 1 saturated heterocycles. The average molecular weight is 401 g/mol. The summed E-state index contributed by atoms with van der Waals surface area (Å²) in [4.78, 5) is 22.2. The summed E-state index contributed by atoms with van der Waals surface area (Å²) in [5.74, 6) is -0.120. The first-order valence-electron chi connectivity index (χ1n) is 10.2. The lowest BCUT2D eigenvalue weighted by Crippen LogP contribution is -2.52. The van der Waals surface area contributed by atoms with Gasteiger partial charge in [-0.15, -0.1) is 0 Å². The van der Waals surface area contributed by atoms with Gasteiger partial charge in [-0.1, -0.05) is 24.3 Å². The third-order valence-corrected chi connectivity index (χ3v) is 6.01. The van der Waals surface area contributed by atoms with Crippen LogP contribution in [-0.4, -0.2) is 56.3 Å². The van der Waals surface area contributed by atoms with E-state index in [1.807, 2.05) is 48.7 Å². The molecular formula is C24H23N3O3. The Morgan fingerprint density at radius 3 is 2.87 bits per heavy atom.